The van der Waals surface area contributed by atoms with E-state index in [4.69, 9.17) is 9.47 Å². The van der Waals surface area contributed by atoms with Crippen LogP contribution in [0.5, 0.6) is 11.5 Å². The van der Waals surface area contributed by atoms with E-state index in [1.165, 1.54) is 0 Å². The molecule has 0 atom stereocenters. The van der Waals surface area contributed by atoms with E-state index < -0.39 is 0 Å². The fraction of sp³-hybridized carbons (Fsp3) is 0.300. The second-order valence-corrected chi connectivity index (χ2v) is 7.20. The van der Waals surface area contributed by atoms with Gasteiger partial charge in [0.1, 0.15) is 11.5 Å². The first kappa shape index (κ1) is 19.3. The molecule has 1 aromatic carbocycles. The minimum atomic E-state index is -0.0704. The van der Waals surface area contributed by atoms with Crippen molar-refractivity contribution in [1.29, 1.82) is 0 Å². The topological polar surface area (TPSA) is 56.6 Å². The lowest BCUT2D eigenvalue weighted by Crippen LogP contribution is -2.16. The second-order valence-electron chi connectivity index (χ2n) is 6.21. The van der Waals surface area contributed by atoms with Gasteiger partial charge >= 0.3 is 0 Å². The Morgan fingerprint density at radius 2 is 1.85 bits per heavy atom. The summed E-state index contributed by atoms with van der Waals surface area (Å²) in [7, 11) is 7.08. The van der Waals surface area contributed by atoms with Gasteiger partial charge < -0.3 is 14.0 Å². The summed E-state index contributed by atoms with van der Waals surface area (Å²) >= 11 is 1.64. The van der Waals surface area contributed by atoms with Gasteiger partial charge in [-0.2, -0.15) is 0 Å². The zero-order chi connectivity index (χ0) is 19.6. The molecule has 0 radical (unpaired) electrons. The zero-order valence-electron chi connectivity index (χ0n) is 16.1. The number of benzene rings is 1. The lowest BCUT2D eigenvalue weighted by molar-refractivity contribution is 0.376. The lowest BCUT2D eigenvalue weighted by Gasteiger charge is -2.20. The first-order chi connectivity index (χ1) is 13.0. The summed E-state index contributed by atoms with van der Waals surface area (Å²) in [6.07, 6.45) is 7.17. The van der Waals surface area contributed by atoms with Crippen molar-refractivity contribution >= 4 is 22.7 Å². The Morgan fingerprint density at radius 1 is 1.19 bits per heavy atom. The number of rotatable bonds is 6. The highest BCUT2D eigenvalue weighted by Gasteiger charge is 2.17. The van der Waals surface area contributed by atoms with Crippen molar-refractivity contribution in [2.24, 2.45) is 7.05 Å². The number of aromatic nitrogens is 2. The smallest absolute Gasteiger partial charge is 0.259 e. The van der Waals surface area contributed by atoms with Crippen LogP contribution in [0.2, 0.25) is 0 Å². The summed E-state index contributed by atoms with van der Waals surface area (Å²) in [5.41, 5.74) is 2.76. The van der Waals surface area contributed by atoms with Crippen molar-refractivity contribution in [2.45, 2.75) is 6.54 Å². The highest BCUT2D eigenvalue weighted by atomic mass is 32.2. The number of nitrogens with zero attached hydrogens (tertiary/aromatic N) is 3. The normalized spacial score (nSPS) is 11.2. The molecule has 0 bridgehead atoms. The van der Waals surface area contributed by atoms with E-state index in [1.807, 2.05) is 37.7 Å². The van der Waals surface area contributed by atoms with Crippen LogP contribution < -0.4 is 15.0 Å². The van der Waals surface area contributed by atoms with Crippen molar-refractivity contribution < 1.29 is 9.47 Å². The highest BCUT2D eigenvalue weighted by Crippen LogP contribution is 2.38. The molecule has 27 heavy (non-hydrogen) atoms. The van der Waals surface area contributed by atoms with Crippen molar-refractivity contribution in [1.82, 2.24) is 13.9 Å². The maximum Gasteiger partial charge on any atom is 0.259 e. The van der Waals surface area contributed by atoms with Gasteiger partial charge in [-0.15, -0.1) is 0 Å². The predicted molar refractivity (Wildman–Crippen MR) is 111 cm³/mol. The molecule has 0 N–H and O–H groups in total. The molecule has 7 heteroatoms. The quantitative estimate of drug-likeness (QED) is 0.607. The van der Waals surface area contributed by atoms with Gasteiger partial charge in [0.05, 0.1) is 25.2 Å². The van der Waals surface area contributed by atoms with Crippen LogP contribution >= 0.6 is 11.9 Å². The molecule has 2 heterocycles. The van der Waals surface area contributed by atoms with Crippen molar-refractivity contribution in [3.05, 3.63) is 52.7 Å². The molecule has 3 rings (SSSR count). The molecule has 0 aliphatic rings. The average molecular weight is 385 g/mol. The molecule has 0 saturated carbocycles. The monoisotopic (exact) mass is 385 g/mol. The van der Waals surface area contributed by atoms with E-state index >= 15 is 0 Å². The first-order valence-corrected chi connectivity index (χ1v) is 9.62. The van der Waals surface area contributed by atoms with E-state index in [-0.39, 0.29) is 5.56 Å². The highest BCUT2D eigenvalue weighted by molar-refractivity contribution is 7.96. The van der Waals surface area contributed by atoms with Gasteiger partial charge in [0.2, 0.25) is 0 Å². The zero-order valence-corrected chi connectivity index (χ0v) is 17.0. The third-order valence-electron chi connectivity index (χ3n) is 4.60. The molecule has 0 fully saturated rings. The van der Waals surface area contributed by atoms with E-state index in [1.54, 1.807) is 50.2 Å². The van der Waals surface area contributed by atoms with Gasteiger partial charge in [0, 0.05) is 37.7 Å². The Labute approximate surface area is 162 Å². The SMILES string of the molecule is COc1cc(-c2cn(C)c(=O)c3cnccc23)cc(OC)c1CN(C)SC. The van der Waals surface area contributed by atoms with Crippen LogP contribution in [0.4, 0.5) is 0 Å². The summed E-state index contributed by atoms with van der Waals surface area (Å²) in [6, 6.07) is 5.85. The Kier molecular flexibility index (Phi) is 5.72. The Bertz CT molecular complexity index is 1010. The van der Waals surface area contributed by atoms with Crippen molar-refractivity contribution in [3.8, 4) is 22.6 Å². The Hall–Kier alpha value is -2.51. The molecule has 0 aliphatic heterocycles. The summed E-state index contributed by atoms with van der Waals surface area (Å²) in [5, 5.41) is 1.44. The number of aryl methyl sites for hydroxylation is 1. The van der Waals surface area contributed by atoms with Crippen LogP contribution in [0, 0.1) is 0 Å². The standard InChI is InChI=1S/C20H23N3O3S/c1-22-11-16(14-6-7-21-10-15(14)20(22)24)13-8-18(25-3)17(12-23(2)27-5)19(9-13)26-4/h6-11H,12H2,1-5H3. The summed E-state index contributed by atoms with van der Waals surface area (Å²) < 4.78 is 15.0. The molecule has 2 aromatic heterocycles. The van der Waals surface area contributed by atoms with E-state index in [9.17, 15) is 4.79 Å². The average Bonchev–Trinajstić information content (AvgIpc) is 2.70. The van der Waals surface area contributed by atoms with Crippen LogP contribution in [0.3, 0.4) is 0 Å². The van der Waals surface area contributed by atoms with E-state index in [0.29, 0.717) is 11.9 Å². The van der Waals surface area contributed by atoms with Crippen LogP contribution in [-0.2, 0) is 13.6 Å². The number of ether oxygens (including phenoxy) is 2. The molecule has 0 unspecified atom stereocenters. The number of fused-ring (bicyclic) bond motifs is 1. The maximum absolute atomic E-state index is 12.4. The fourth-order valence-corrected chi connectivity index (χ4v) is 3.38. The number of hydrogen-bond acceptors (Lipinski definition) is 6. The molecule has 6 nitrogen and oxygen atoms in total. The predicted octanol–water partition coefficient (Wildman–Crippen LogP) is 3.33. The fourth-order valence-electron chi connectivity index (χ4n) is 3.12. The van der Waals surface area contributed by atoms with E-state index in [0.717, 1.165) is 33.6 Å². The lowest BCUT2D eigenvalue weighted by atomic mass is 9.99. The second kappa shape index (κ2) is 8.02. The number of methoxy groups -OCH3 is 2. The van der Waals surface area contributed by atoms with Gasteiger partial charge in [0.25, 0.3) is 5.56 Å². The van der Waals surface area contributed by atoms with Crippen LogP contribution in [0.15, 0.2) is 41.6 Å². The van der Waals surface area contributed by atoms with Crippen LogP contribution in [0.25, 0.3) is 21.9 Å². The summed E-state index contributed by atoms with van der Waals surface area (Å²) in [6.45, 7) is 0.686. The van der Waals surface area contributed by atoms with Gasteiger partial charge in [-0.1, -0.05) is 11.9 Å². The molecular formula is C20H23N3O3S. The molecule has 0 spiro atoms. The van der Waals surface area contributed by atoms with Gasteiger partial charge in [-0.25, -0.2) is 4.31 Å². The van der Waals surface area contributed by atoms with Crippen LogP contribution in [0.1, 0.15) is 5.56 Å². The minimum absolute atomic E-state index is 0.0704. The molecule has 3 aromatic rings. The largest absolute Gasteiger partial charge is 0.496 e. The van der Waals surface area contributed by atoms with Crippen LogP contribution in [-0.4, -0.2) is 41.4 Å². The Morgan fingerprint density at radius 3 is 2.44 bits per heavy atom. The third-order valence-corrected chi connectivity index (χ3v) is 5.35. The van der Waals surface area contributed by atoms with Gasteiger partial charge in [-0.05, 0) is 42.5 Å². The number of hydrogen-bond donors (Lipinski definition) is 0. The Balaban J connectivity index is 2.26. The summed E-state index contributed by atoms with van der Waals surface area (Å²) in [4.78, 5) is 16.5. The number of pyridine rings is 2. The third kappa shape index (κ3) is 3.65. The molecule has 0 aliphatic carbocycles. The van der Waals surface area contributed by atoms with Gasteiger partial charge in [0.15, 0.2) is 0 Å². The molecule has 0 saturated heterocycles. The molecule has 142 valence electrons. The first-order valence-electron chi connectivity index (χ1n) is 8.44. The molecular weight excluding hydrogens is 362 g/mol. The van der Waals surface area contributed by atoms with E-state index in [2.05, 4.69) is 9.29 Å². The van der Waals surface area contributed by atoms with Crippen molar-refractivity contribution in [2.75, 3.05) is 27.5 Å². The summed E-state index contributed by atoms with van der Waals surface area (Å²) in [5.74, 6) is 1.50. The maximum atomic E-state index is 12.4. The van der Waals surface area contributed by atoms with Gasteiger partial charge in [-0.3, -0.25) is 9.78 Å². The minimum Gasteiger partial charge on any atom is -0.496 e. The molecule has 0 amide bonds. The van der Waals surface area contributed by atoms with Crippen molar-refractivity contribution in [3.63, 3.8) is 0 Å².